The van der Waals surface area contributed by atoms with E-state index in [0.717, 1.165) is 24.8 Å². The van der Waals surface area contributed by atoms with Crippen LogP contribution in [0.5, 0.6) is 5.75 Å². The van der Waals surface area contributed by atoms with E-state index in [0.29, 0.717) is 18.3 Å². The Bertz CT molecular complexity index is 721. The molecule has 0 radical (unpaired) electrons. The lowest BCUT2D eigenvalue weighted by molar-refractivity contribution is -0.142. The molecule has 5 nitrogen and oxygen atoms in total. The topological polar surface area (TPSA) is 60.1 Å². The van der Waals surface area contributed by atoms with Crippen molar-refractivity contribution in [2.45, 2.75) is 52.1 Å². The molecular weight excluding hydrogens is 387 g/mol. The molecule has 0 saturated heterocycles. The molecule has 0 aliphatic heterocycles. The van der Waals surface area contributed by atoms with E-state index in [1.165, 1.54) is 6.42 Å². The number of hydrogen-bond acceptors (Lipinski definition) is 4. The predicted octanol–water partition coefficient (Wildman–Crippen LogP) is 5.62. The number of unbranched alkanes of at least 4 members (excludes halogenated alkanes) is 1. The van der Waals surface area contributed by atoms with Gasteiger partial charge in [-0.2, -0.15) is 13.2 Å². The van der Waals surface area contributed by atoms with Crippen molar-refractivity contribution in [1.29, 1.82) is 0 Å². The van der Waals surface area contributed by atoms with E-state index < -0.39 is 23.6 Å². The van der Waals surface area contributed by atoms with Crippen LogP contribution in [-0.4, -0.2) is 30.5 Å². The number of aliphatic hydroxyl groups excluding tert-OH is 1. The SMILES string of the molecule is [C-]#[N+]/C(C(=O)OCCc1ccc(OCC(CC)CCCC)cc1)=C(/O)C(F)(F)F. The van der Waals surface area contributed by atoms with Crippen LogP contribution in [0, 0.1) is 12.5 Å². The van der Waals surface area contributed by atoms with Crippen LogP contribution in [0.25, 0.3) is 4.85 Å². The van der Waals surface area contributed by atoms with Crippen molar-refractivity contribution in [2.24, 2.45) is 5.92 Å². The Hall–Kier alpha value is -2.69. The minimum absolute atomic E-state index is 0.224. The second-order valence-corrected chi connectivity index (χ2v) is 6.56. The molecule has 1 atom stereocenters. The van der Waals surface area contributed by atoms with Crippen LogP contribution in [0.2, 0.25) is 0 Å². The molecule has 0 aliphatic carbocycles. The van der Waals surface area contributed by atoms with E-state index in [2.05, 4.69) is 23.4 Å². The molecule has 0 bridgehead atoms. The number of esters is 1. The smallest absolute Gasteiger partial charge is 0.438 e. The number of carbonyl (C=O) groups excluding carboxylic acids is 1. The standard InChI is InChI=1S/C21H26F3NO4/c1-4-6-7-15(5-2)14-29-17-10-8-16(9-11-17)12-13-28-20(27)18(25-3)19(26)21(22,23)24/h8-11,15,26H,4-7,12-14H2,1-2H3/b19-18+. The van der Waals surface area contributed by atoms with Crippen LogP contribution in [0.15, 0.2) is 35.7 Å². The fourth-order valence-corrected chi connectivity index (χ4v) is 2.52. The largest absolute Gasteiger partial charge is 0.515 e. The van der Waals surface area contributed by atoms with E-state index in [-0.39, 0.29) is 13.0 Å². The highest BCUT2D eigenvalue weighted by Crippen LogP contribution is 2.27. The van der Waals surface area contributed by atoms with Crippen LogP contribution in [-0.2, 0) is 16.0 Å². The molecule has 0 amide bonds. The van der Waals surface area contributed by atoms with E-state index in [4.69, 9.17) is 16.4 Å². The first-order valence-corrected chi connectivity index (χ1v) is 9.49. The summed E-state index contributed by atoms with van der Waals surface area (Å²) in [6.07, 6.45) is -0.431. The summed E-state index contributed by atoms with van der Waals surface area (Å²) in [5.74, 6) is -2.53. The lowest BCUT2D eigenvalue weighted by atomic mass is 10.0. The van der Waals surface area contributed by atoms with Crippen LogP contribution in [0.4, 0.5) is 13.2 Å². The van der Waals surface area contributed by atoms with Gasteiger partial charge in [-0.15, -0.1) is 0 Å². The van der Waals surface area contributed by atoms with Gasteiger partial charge in [0.2, 0.25) is 5.76 Å². The summed E-state index contributed by atoms with van der Waals surface area (Å²) in [5.41, 5.74) is -0.689. The molecule has 1 N–H and O–H groups in total. The monoisotopic (exact) mass is 413 g/mol. The Morgan fingerprint density at radius 2 is 1.90 bits per heavy atom. The number of benzene rings is 1. The number of allylic oxidation sites excluding steroid dienone is 1. The third kappa shape index (κ3) is 8.46. The Labute approximate surface area is 168 Å². The van der Waals surface area contributed by atoms with E-state index in [9.17, 15) is 18.0 Å². The number of halogens is 3. The quantitative estimate of drug-likeness (QED) is 0.221. The molecular formula is C21H26F3NO4. The Morgan fingerprint density at radius 1 is 1.24 bits per heavy atom. The summed E-state index contributed by atoms with van der Waals surface area (Å²) in [5, 5.41) is 8.94. The van der Waals surface area contributed by atoms with Crippen molar-refractivity contribution in [3.05, 3.63) is 52.7 Å². The Balaban J connectivity index is 2.52. The molecule has 8 heteroatoms. The predicted molar refractivity (Wildman–Crippen MR) is 102 cm³/mol. The van der Waals surface area contributed by atoms with Gasteiger partial charge in [-0.05, 0) is 30.0 Å². The summed E-state index contributed by atoms with van der Waals surface area (Å²) < 4.78 is 47.7. The van der Waals surface area contributed by atoms with Gasteiger partial charge in [-0.25, -0.2) is 4.85 Å². The zero-order valence-electron chi connectivity index (χ0n) is 16.6. The maximum absolute atomic E-state index is 12.4. The third-order valence-corrected chi connectivity index (χ3v) is 4.37. The van der Waals surface area contributed by atoms with Crippen molar-refractivity contribution < 1.29 is 32.5 Å². The van der Waals surface area contributed by atoms with Crippen LogP contribution in [0.3, 0.4) is 0 Å². The van der Waals surface area contributed by atoms with Gasteiger partial charge in [0.1, 0.15) is 5.75 Å². The van der Waals surface area contributed by atoms with Crippen LogP contribution < -0.4 is 4.74 Å². The van der Waals surface area contributed by atoms with Crippen LogP contribution in [0.1, 0.15) is 45.1 Å². The van der Waals surface area contributed by atoms with E-state index in [1.807, 2.05) is 0 Å². The number of nitrogens with zero attached hydrogens (tertiary/aromatic N) is 1. The molecule has 1 unspecified atom stereocenters. The highest BCUT2D eigenvalue weighted by molar-refractivity contribution is 5.91. The second-order valence-electron chi connectivity index (χ2n) is 6.56. The van der Waals surface area contributed by atoms with Crippen molar-refractivity contribution in [2.75, 3.05) is 13.2 Å². The van der Waals surface area contributed by atoms with Crippen molar-refractivity contribution >= 4 is 5.97 Å². The summed E-state index contributed by atoms with van der Waals surface area (Å²) in [7, 11) is 0. The normalized spacial score (nSPS) is 13.2. The molecule has 0 heterocycles. The van der Waals surface area contributed by atoms with Gasteiger partial charge in [-0.1, -0.05) is 45.2 Å². The number of rotatable bonds is 11. The average Bonchev–Trinajstić information content (AvgIpc) is 2.69. The van der Waals surface area contributed by atoms with E-state index in [1.54, 1.807) is 24.3 Å². The highest BCUT2D eigenvalue weighted by Gasteiger charge is 2.39. The van der Waals surface area contributed by atoms with E-state index >= 15 is 0 Å². The van der Waals surface area contributed by atoms with Crippen LogP contribution >= 0.6 is 0 Å². The fourth-order valence-electron chi connectivity index (χ4n) is 2.52. The molecule has 0 aromatic heterocycles. The minimum Gasteiger partial charge on any atom is -0.515 e. The van der Waals surface area contributed by atoms with Gasteiger partial charge in [0.15, 0.2) is 0 Å². The summed E-state index contributed by atoms with van der Waals surface area (Å²) in [6.45, 7) is 11.3. The second kappa shape index (κ2) is 12.0. The summed E-state index contributed by atoms with van der Waals surface area (Å²) in [4.78, 5) is 14.0. The van der Waals surface area contributed by atoms with Gasteiger partial charge in [0.25, 0.3) is 0 Å². The number of aliphatic hydroxyl groups is 1. The third-order valence-electron chi connectivity index (χ3n) is 4.37. The summed E-state index contributed by atoms with van der Waals surface area (Å²) >= 11 is 0. The van der Waals surface area contributed by atoms with Gasteiger partial charge in [0, 0.05) is 6.42 Å². The lowest BCUT2D eigenvalue weighted by Crippen LogP contribution is -2.18. The molecule has 0 fully saturated rings. The van der Waals surface area contributed by atoms with Crippen molar-refractivity contribution in [3.8, 4) is 5.75 Å². The van der Waals surface area contributed by atoms with Crippen molar-refractivity contribution in [1.82, 2.24) is 0 Å². The van der Waals surface area contributed by atoms with Gasteiger partial charge in [0.05, 0.1) is 19.8 Å². The Kier molecular flexibility index (Phi) is 10.1. The zero-order valence-corrected chi connectivity index (χ0v) is 16.6. The molecule has 1 aromatic carbocycles. The lowest BCUT2D eigenvalue weighted by Gasteiger charge is -2.15. The maximum atomic E-state index is 12.4. The first-order valence-electron chi connectivity index (χ1n) is 9.49. The fraction of sp³-hybridized carbons (Fsp3) is 0.524. The molecule has 1 rings (SSSR count). The maximum Gasteiger partial charge on any atom is 0.438 e. The number of alkyl halides is 3. The number of carbonyl (C=O) groups is 1. The molecule has 1 aromatic rings. The molecule has 0 spiro atoms. The minimum atomic E-state index is -5.18. The van der Waals surface area contributed by atoms with Gasteiger partial charge >= 0.3 is 17.8 Å². The highest BCUT2D eigenvalue weighted by atomic mass is 19.4. The molecule has 160 valence electrons. The first-order chi connectivity index (χ1) is 13.7. The number of hydrogen-bond donors (Lipinski definition) is 1. The van der Waals surface area contributed by atoms with Gasteiger partial charge < -0.3 is 14.6 Å². The van der Waals surface area contributed by atoms with Crippen molar-refractivity contribution in [3.63, 3.8) is 0 Å². The molecule has 0 aliphatic rings. The Morgan fingerprint density at radius 3 is 2.41 bits per heavy atom. The molecule has 0 saturated carbocycles. The zero-order chi connectivity index (χ0) is 21.9. The van der Waals surface area contributed by atoms with Gasteiger partial charge in [-0.3, -0.25) is 4.79 Å². The molecule has 29 heavy (non-hydrogen) atoms. The average molecular weight is 413 g/mol. The summed E-state index contributed by atoms with van der Waals surface area (Å²) in [6, 6.07) is 7.11. The number of ether oxygens (including phenoxy) is 2. The first kappa shape index (κ1) is 24.3.